The van der Waals surface area contributed by atoms with Crippen molar-refractivity contribution in [1.82, 2.24) is 9.99 Å². The van der Waals surface area contributed by atoms with Gasteiger partial charge in [0.2, 0.25) is 0 Å². The third-order valence-corrected chi connectivity index (χ3v) is 4.69. The molecule has 5 nitrogen and oxygen atoms in total. The van der Waals surface area contributed by atoms with Gasteiger partial charge in [-0.05, 0) is 75.2 Å². The van der Waals surface area contributed by atoms with Crippen molar-refractivity contribution in [1.29, 1.82) is 0 Å². The summed E-state index contributed by atoms with van der Waals surface area (Å²) in [4.78, 5) is 12.3. The third kappa shape index (κ3) is 4.93. The maximum Gasteiger partial charge on any atom is 0.271 e. The Morgan fingerprint density at radius 1 is 1.10 bits per heavy atom. The van der Waals surface area contributed by atoms with Crippen molar-refractivity contribution in [2.45, 2.75) is 34.1 Å². The number of aryl methyl sites for hydroxylation is 2. The number of hydrogen-bond acceptors (Lipinski definition) is 3. The van der Waals surface area contributed by atoms with Crippen LogP contribution in [-0.4, -0.2) is 23.3 Å². The summed E-state index contributed by atoms with van der Waals surface area (Å²) >= 11 is 0. The number of rotatable bonds is 7. The molecule has 5 heteroatoms. The van der Waals surface area contributed by atoms with Crippen molar-refractivity contribution in [3.63, 3.8) is 0 Å². The van der Waals surface area contributed by atoms with Crippen molar-refractivity contribution in [2.24, 2.45) is 5.10 Å². The quantitative estimate of drug-likeness (QED) is 0.459. The maximum absolute atomic E-state index is 12.3. The van der Waals surface area contributed by atoms with Gasteiger partial charge in [-0.25, -0.2) is 5.43 Å². The Balaban J connectivity index is 1.69. The van der Waals surface area contributed by atoms with Crippen LogP contribution in [0.25, 0.3) is 5.69 Å². The smallest absolute Gasteiger partial charge is 0.271 e. The van der Waals surface area contributed by atoms with E-state index in [2.05, 4.69) is 66.2 Å². The molecule has 0 spiro atoms. The summed E-state index contributed by atoms with van der Waals surface area (Å²) in [5.74, 6) is 0.506. The molecule has 0 saturated heterocycles. The van der Waals surface area contributed by atoms with Crippen LogP contribution in [0, 0.1) is 20.8 Å². The highest BCUT2D eigenvalue weighted by atomic mass is 16.5. The molecule has 1 N–H and O–H groups in total. The Kier molecular flexibility index (Phi) is 6.50. The molecule has 2 aromatic carbocycles. The molecule has 0 aliphatic carbocycles. The largest absolute Gasteiger partial charge is 0.494 e. The Morgan fingerprint density at radius 3 is 2.55 bits per heavy atom. The number of carbonyl (C=O) groups is 1. The van der Waals surface area contributed by atoms with E-state index in [1.807, 2.05) is 6.92 Å². The van der Waals surface area contributed by atoms with Gasteiger partial charge in [0.05, 0.1) is 12.8 Å². The van der Waals surface area contributed by atoms with Crippen molar-refractivity contribution in [2.75, 3.05) is 6.61 Å². The zero-order chi connectivity index (χ0) is 20.8. The Labute approximate surface area is 172 Å². The molecule has 0 aliphatic heterocycles. The van der Waals surface area contributed by atoms with Gasteiger partial charge in [0.1, 0.15) is 5.75 Å². The fourth-order valence-corrected chi connectivity index (χ4v) is 3.23. The van der Waals surface area contributed by atoms with E-state index in [9.17, 15) is 4.79 Å². The van der Waals surface area contributed by atoms with Crippen LogP contribution in [0.2, 0.25) is 0 Å². The Hall–Kier alpha value is -3.34. The average molecular weight is 389 g/mol. The lowest BCUT2D eigenvalue weighted by Gasteiger charge is -2.10. The van der Waals surface area contributed by atoms with Crippen LogP contribution >= 0.6 is 0 Å². The lowest BCUT2D eigenvalue weighted by molar-refractivity contribution is 0.0955. The molecule has 0 atom stereocenters. The zero-order valence-corrected chi connectivity index (χ0v) is 17.4. The van der Waals surface area contributed by atoms with Crippen molar-refractivity contribution in [3.8, 4) is 11.4 Å². The Morgan fingerprint density at radius 2 is 1.86 bits per heavy atom. The summed E-state index contributed by atoms with van der Waals surface area (Å²) in [6.07, 6.45) is 2.63. The highest BCUT2D eigenvalue weighted by molar-refractivity contribution is 5.95. The molecule has 1 aromatic heterocycles. The van der Waals surface area contributed by atoms with Crippen LogP contribution in [0.1, 0.15) is 46.2 Å². The maximum atomic E-state index is 12.3. The van der Waals surface area contributed by atoms with Crippen LogP contribution in [0.15, 0.2) is 59.7 Å². The van der Waals surface area contributed by atoms with Crippen LogP contribution in [-0.2, 0) is 0 Å². The summed E-state index contributed by atoms with van der Waals surface area (Å²) in [5, 5.41) is 4.15. The summed E-state index contributed by atoms with van der Waals surface area (Å²) in [6.45, 7) is 8.91. The molecule has 150 valence electrons. The van der Waals surface area contributed by atoms with E-state index in [0.29, 0.717) is 12.2 Å². The summed E-state index contributed by atoms with van der Waals surface area (Å²) in [6, 6.07) is 17.5. The monoisotopic (exact) mass is 389 g/mol. The van der Waals surface area contributed by atoms with Crippen LogP contribution in [0.3, 0.4) is 0 Å². The van der Waals surface area contributed by atoms with Gasteiger partial charge >= 0.3 is 0 Å². The molecule has 0 saturated carbocycles. The second kappa shape index (κ2) is 9.24. The molecule has 3 rings (SSSR count). The van der Waals surface area contributed by atoms with Crippen molar-refractivity contribution < 1.29 is 9.53 Å². The van der Waals surface area contributed by atoms with Crippen LogP contribution in [0.4, 0.5) is 0 Å². The minimum absolute atomic E-state index is 0.254. The second-order valence-corrected chi connectivity index (χ2v) is 7.07. The molecule has 29 heavy (non-hydrogen) atoms. The summed E-state index contributed by atoms with van der Waals surface area (Å²) < 4.78 is 7.72. The number of hydrogen-bond donors (Lipinski definition) is 1. The highest BCUT2D eigenvalue weighted by Gasteiger charge is 2.10. The first-order valence-corrected chi connectivity index (χ1v) is 9.82. The fourth-order valence-electron chi connectivity index (χ4n) is 3.23. The normalized spacial score (nSPS) is 11.0. The van der Waals surface area contributed by atoms with Gasteiger partial charge in [0, 0.05) is 28.2 Å². The van der Waals surface area contributed by atoms with E-state index in [4.69, 9.17) is 4.74 Å². The first-order valence-electron chi connectivity index (χ1n) is 9.82. The molecular weight excluding hydrogens is 362 g/mol. The van der Waals surface area contributed by atoms with E-state index in [1.54, 1.807) is 30.5 Å². The first-order chi connectivity index (χ1) is 14.0. The Bertz CT molecular complexity index is 1020. The minimum Gasteiger partial charge on any atom is -0.494 e. The molecule has 0 unspecified atom stereocenters. The summed E-state index contributed by atoms with van der Waals surface area (Å²) in [5.41, 5.74) is 8.62. The number of nitrogens with one attached hydrogen (secondary N) is 1. The lowest BCUT2D eigenvalue weighted by Crippen LogP contribution is -2.17. The number of ether oxygens (including phenoxy) is 1. The number of aromatic nitrogens is 1. The van der Waals surface area contributed by atoms with Gasteiger partial charge in [-0.3, -0.25) is 4.79 Å². The number of carbonyl (C=O) groups excluding carboxylic acids is 1. The average Bonchev–Trinajstić information content (AvgIpc) is 3.00. The van der Waals surface area contributed by atoms with Crippen molar-refractivity contribution >= 4 is 12.1 Å². The van der Waals surface area contributed by atoms with Crippen molar-refractivity contribution in [3.05, 3.63) is 82.7 Å². The molecule has 3 aromatic rings. The first kappa shape index (κ1) is 20.4. The van der Waals surface area contributed by atoms with Crippen LogP contribution < -0.4 is 10.2 Å². The topological polar surface area (TPSA) is 55.6 Å². The molecule has 0 aliphatic rings. The minimum atomic E-state index is -0.254. The van der Waals surface area contributed by atoms with Gasteiger partial charge in [0.25, 0.3) is 5.91 Å². The third-order valence-electron chi connectivity index (χ3n) is 4.69. The van der Waals surface area contributed by atoms with Crippen LogP contribution in [0.5, 0.6) is 5.75 Å². The zero-order valence-electron chi connectivity index (χ0n) is 17.4. The predicted octanol–water partition coefficient (Wildman–Crippen LogP) is 4.96. The van der Waals surface area contributed by atoms with Gasteiger partial charge in [-0.15, -0.1) is 0 Å². The molecular formula is C24H27N3O2. The van der Waals surface area contributed by atoms with Gasteiger partial charge in [0.15, 0.2) is 0 Å². The fraction of sp³-hybridized carbons (Fsp3) is 0.250. The highest BCUT2D eigenvalue weighted by Crippen LogP contribution is 2.20. The second-order valence-electron chi connectivity index (χ2n) is 7.07. The van der Waals surface area contributed by atoms with E-state index < -0.39 is 0 Å². The number of hydrazone groups is 1. The standard InChI is InChI=1S/C24H27N3O2/c1-5-13-29-23-11-9-20(10-12-23)24(28)26-25-16-21-15-18(3)27(19(21)4)22-8-6-7-17(2)14-22/h6-12,14-16H,5,13H2,1-4H3,(H,26,28)/b25-16-. The molecule has 1 heterocycles. The summed E-state index contributed by atoms with van der Waals surface area (Å²) in [7, 11) is 0. The SMILES string of the molecule is CCCOc1ccc(C(=O)N/N=C\c2cc(C)n(-c3cccc(C)c3)c2C)cc1. The number of amides is 1. The predicted molar refractivity (Wildman–Crippen MR) is 117 cm³/mol. The van der Waals surface area contributed by atoms with E-state index in [0.717, 1.165) is 34.8 Å². The van der Waals surface area contributed by atoms with Gasteiger partial charge in [-0.2, -0.15) is 5.10 Å². The number of nitrogens with zero attached hydrogens (tertiary/aromatic N) is 2. The molecule has 1 amide bonds. The van der Waals surface area contributed by atoms with Gasteiger partial charge < -0.3 is 9.30 Å². The van der Waals surface area contributed by atoms with E-state index in [1.165, 1.54) is 5.56 Å². The van der Waals surface area contributed by atoms with E-state index in [-0.39, 0.29) is 5.91 Å². The molecule has 0 bridgehead atoms. The molecule has 0 radical (unpaired) electrons. The number of benzene rings is 2. The van der Waals surface area contributed by atoms with Gasteiger partial charge in [-0.1, -0.05) is 19.1 Å². The lowest BCUT2D eigenvalue weighted by atomic mass is 10.2. The molecule has 0 fully saturated rings. The van der Waals surface area contributed by atoms with E-state index >= 15 is 0 Å².